The van der Waals surface area contributed by atoms with Gasteiger partial charge in [-0.05, 0) is 50.2 Å². The zero-order valence-corrected chi connectivity index (χ0v) is 14.0. The van der Waals surface area contributed by atoms with Crippen LogP contribution in [0.15, 0.2) is 42.5 Å². The molecular formula is C18H23N3O2. The molecule has 23 heavy (non-hydrogen) atoms. The Morgan fingerprint density at radius 1 is 1.17 bits per heavy atom. The molecular weight excluding hydrogens is 290 g/mol. The Hall–Kier alpha value is -2.69. The molecule has 0 unspecified atom stereocenters. The Labute approximate surface area is 137 Å². The fourth-order valence-corrected chi connectivity index (χ4v) is 2.22. The lowest BCUT2D eigenvalue weighted by atomic mass is 10.1. The van der Waals surface area contributed by atoms with Crippen molar-refractivity contribution in [3.8, 4) is 5.75 Å². The minimum Gasteiger partial charge on any atom is -0.491 e. The number of ether oxygens (including phenoxy) is 1. The van der Waals surface area contributed by atoms with Crippen LogP contribution in [-0.2, 0) is 0 Å². The van der Waals surface area contributed by atoms with Crippen LogP contribution in [-0.4, -0.2) is 26.1 Å². The van der Waals surface area contributed by atoms with Gasteiger partial charge in [0.25, 0.3) is 5.91 Å². The van der Waals surface area contributed by atoms with Gasteiger partial charge in [0.2, 0.25) is 0 Å². The van der Waals surface area contributed by atoms with E-state index < -0.39 is 0 Å². The van der Waals surface area contributed by atoms with Crippen LogP contribution >= 0.6 is 0 Å². The first kappa shape index (κ1) is 16.7. The number of benzene rings is 2. The number of hydrogen-bond acceptors (Lipinski definition) is 4. The van der Waals surface area contributed by atoms with Gasteiger partial charge in [-0.3, -0.25) is 4.79 Å². The third kappa shape index (κ3) is 4.39. The summed E-state index contributed by atoms with van der Waals surface area (Å²) < 4.78 is 5.63. The normalized spacial score (nSPS) is 10.5. The SMILES string of the molecule is CC(C)Oc1cccc(C(=O)Nc2cc(N)ccc2N(C)C)c1. The van der Waals surface area contributed by atoms with Gasteiger partial charge in [-0.25, -0.2) is 0 Å². The maximum absolute atomic E-state index is 12.5. The van der Waals surface area contributed by atoms with Crippen LogP contribution in [0.5, 0.6) is 5.75 Å². The number of nitrogens with two attached hydrogens (primary N) is 1. The second-order valence-electron chi connectivity index (χ2n) is 5.82. The topological polar surface area (TPSA) is 67.6 Å². The van der Waals surface area contributed by atoms with E-state index in [0.29, 0.717) is 22.7 Å². The summed E-state index contributed by atoms with van der Waals surface area (Å²) in [5.74, 6) is 0.473. The highest BCUT2D eigenvalue weighted by Crippen LogP contribution is 2.27. The Kier molecular flexibility index (Phi) is 5.11. The summed E-state index contributed by atoms with van der Waals surface area (Å²) in [4.78, 5) is 14.4. The van der Waals surface area contributed by atoms with Gasteiger partial charge >= 0.3 is 0 Å². The third-order valence-corrected chi connectivity index (χ3v) is 3.22. The summed E-state index contributed by atoms with van der Waals surface area (Å²) in [6.07, 6.45) is 0.0579. The van der Waals surface area contributed by atoms with Gasteiger partial charge in [0.1, 0.15) is 5.75 Å². The molecule has 2 aromatic carbocycles. The average molecular weight is 313 g/mol. The number of nitrogens with zero attached hydrogens (tertiary/aromatic N) is 1. The van der Waals surface area contributed by atoms with E-state index in [1.165, 1.54) is 0 Å². The monoisotopic (exact) mass is 313 g/mol. The first-order valence-electron chi connectivity index (χ1n) is 7.51. The number of hydrogen-bond donors (Lipinski definition) is 2. The minimum absolute atomic E-state index is 0.0579. The second kappa shape index (κ2) is 7.05. The molecule has 0 atom stereocenters. The Bertz CT molecular complexity index is 696. The predicted octanol–water partition coefficient (Wildman–Crippen LogP) is 3.37. The summed E-state index contributed by atoms with van der Waals surface area (Å²) in [6, 6.07) is 12.6. The molecule has 2 aromatic rings. The van der Waals surface area contributed by atoms with Crippen molar-refractivity contribution in [2.45, 2.75) is 20.0 Å². The van der Waals surface area contributed by atoms with Gasteiger partial charge < -0.3 is 20.7 Å². The number of rotatable bonds is 5. The van der Waals surface area contributed by atoms with Crippen LogP contribution in [0.25, 0.3) is 0 Å². The molecule has 0 spiro atoms. The third-order valence-electron chi connectivity index (χ3n) is 3.22. The molecule has 0 aromatic heterocycles. The molecule has 0 saturated carbocycles. The number of carbonyl (C=O) groups excluding carboxylic acids is 1. The van der Waals surface area contributed by atoms with Crippen LogP contribution < -0.4 is 20.7 Å². The zero-order chi connectivity index (χ0) is 17.0. The van der Waals surface area contributed by atoms with E-state index in [4.69, 9.17) is 10.5 Å². The summed E-state index contributed by atoms with van der Waals surface area (Å²) in [6.45, 7) is 3.89. The van der Waals surface area contributed by atoms with Crippen molar-refractivity contribution in [1.29, 1.82) is 0 Å². The van der Waals surface area contributed by atoms with Gasteiger partial charge in [-0.2, -0.15) is 0 Å². The number of carbonyl (C=O) groups is 1. The van der Waals surface area contributed by atoms with Crippen molar-refractivity contribution in [2.75, 3.05) is 30.0 Å². The van der Waals surface area contributed by atoms with E-state index in [-0.39, 0.29) is 12.0 Å². The molecule has 0 heterocycles. The maximum atomic E-state index is 12.5. The highest BCUT2D eigenvalue weighted by molar-refractivity contribution is 6.06. The quantitative estimate of drug-likeness (QED) is 0.831. The molecule has 0 aliphatic heterocycles. The fourth-order valence-electron chi connectivity index (χ4n) is 2.22. The van der Waals surface area contributed by atoms with E-state index in [2.05, 4.69) is 5.32 Å². The van der Waals surface area contributed by atoms with Gasteiger partial charge in [0, 0.05) is 25.3 Å². The van der Waals surface area contributed by atoms with Crippen molar-refractivity contribution < 1.29 is 9.53 Å². The lowest BCUT2D eigenvalue weighted by molar-refractivity contribution is 0.102. The first-order chi connectivity index (χ1) is 10.9. The molecule has 0 aliphatic rings. The fraction of sp³-hybridized carbons (Fsp3) is 0.278. The molecule has 2 rings (SSSR count). The highest BCUT2D eigenvalue weighted by atomic mass is 16.5. The number of nitrogens with one attached hydrogen (secondary N) is 1. The summed E-state index contributed by atoms with van der Waals surface area (Å²) in [5.41, 5.74) is 8.54. The van der Waals surface area contributed by atoms with Gasteiger partial charge in [-0.15, -0.1) is 0 Å². The lowest BCUT2D eigenvalue weighted by Gasteiger charge is -2.18. The summed E-state index contributed by atoms with van der Waals surface area (Å²) in [7, 11) is 3.83. The smallest absolute Gasteiger partial charge is 0.255 e. The Morgan fingerprint density at radius 2 is 1.91 bits per heavy atom. The number of nitrogen functional groups attached to an aromatic ring is 1. The van der Waals surface area contributed by atoms with Crippen LogP contribution in [0.2, 0.25) is 0 Å². The average Bonchev–Trinajstić information content (AvgIpc) is 2.46. The largest absolute Gasteiger partial charge is 0.491 e. The summed E-state index contributed by atoms with van der Waals surface area (Å²) >= 11 is 0. The maximum Gasteiger partial charge on any atom is 0.255 e. The molecule has 5 heteroatoms. The Balaban J connectivity index is 2.24. The second-order valence-corrected chi connectivity index (χ2v) is 5.82. The number of anilines is 3. The zero-order valence-electron chi connectivity index (χ0n) is 14.0. The Morgan fingerprint density at radius 3 is 2.57 bits per heavy atom. The molecule has 0 fully saturated rings. The molecule has 0 bridgehead atoms. The van der Waals surface area contributed by atoms with E-state index in [1.807, 2.05) is 51.0 Å². The predicted molar refractivity (Wildman–Crippen MR) is 95.3 cm³/mol. The van der Waals surface area contributed by atoms with Crippen LogP contribution in [0.1, 0.15) is 24.2 Å². The van der Waals surface area contributed by atoms with Crippen LogP contribution in [0.3, 0.4) is 0 Å². The van der Waals surface area contributed by atoms with Crippen LogP contribution in [0, 0.1) is 0 Å². The van der Waals surface area contributed by atoms with Crippen molar-refractivity contribution in [1.82, 2.24) is 0 Å². The molecule has 0 saturated heterocycles. The molecule has 1 amide bonds. The molecule has 3 N–H and O–H groups in total. The minimum atomic E-state index is -0.201. The van der Waals surface area contributed by atoms with E-state index in [9.17, 15) is 4.79 Å². The first-order valence-corrected chi connectivity index (χ1v) is 7.51. The number of amides is 1. The van der Waals surface area contributed by atoms with Gasteiger partial charge in [0.15, 0.2) is 0 Å². The van der Waals surface area contributed by atoms with Crippen LogP contribution in [0.4, 0.5) is 17.1 Å². The van der Waals surface area contributed by atoms with Crippen molar-refractivity contribution in [3.05, 3.63) is 48.0 Å². The van der Waals surface area contributed by atoms with E-state index in [1.54, 1.807) is 24.3 Å². The van der Waals surface area contributed by atoms with Crippen molar-refractivity contribution in [3.63, 3.8) is 0 Å². The van der Waals surface area contributed by atoms with Crippen molar-refractivity contribution >= 4 is 23.0 Å². The van der Waals surface area contributed by atoms with Gasteiger partial charge in [-0.1, -0.05) is 6.07 Å². The molecule has 5 nitrogen and oxygen atoms in total. The van der Waals surface area contributed by atoms with Crippen molar-refractivity contribution in [2.24, 2.45) is 0 Å². The van der Waals surface area contributed by atoms with Gasteiger partial charge in [0.05, 0.1) is 17.5 Å². The molecule has 122 valence electrons. The highest BCUT2D eigenvalue weighted by Gasteiger charge is 2.12. The molecule has 0 aliphatic carbocycles. The molecule has 0 radical (unpaired) electrons. The lowest BCUT2D eigenvalue weighted by Crippen LogP contribution is -2.17. The standard InChI is InChI=1S/C18H23N3O2/c1-12(2)23-15-7-5-6-13(10-15)18(22)20-16-11-14(19)8-9-17(16)21(3)4/h5-12H,19H2,1-4H3,(H,20,22). The summed E-state index contributed by atoms with van der Waals surface area (Å²) in [5, 5.41) is 2.91. The van der Waals surface area contributed by atoms with E-state index >= 15 is 0 Å². The van der Waals surface area contributed by atoms with E-state index in [0.717, 1.165) is 5.69 Å².